The summed E-state index contributed by atoms with van der Waals surface area (Å²) in [6, 6.07) is 6.45. The van der Waals surface area contributed by atoms with Gasteiger partial charge in [0.05, 0.1) is 15.8 Å². The molecule has 1 N–H and O–H groups in total. The maximum absolute atomic E-state index is 11.1. The molecule has 1 fully saturated rings. The third-order valence-corrected chi connectivity index (χ3v) is 6.56. The minimum Gasteiger partial charge on any atom is -0.492 e. The summed E-state index contributed by atoms with van der Waals surface area (Å²) in [4.78, 5) is 19.0. The lowest BCUT2D eigenvalue weighted by molar-refractivity contribution is -0.384. The Morgan fingerprint density at radius 2 is 1.93 bits per heavy atom. The van der Waals surface area contributed by atoms with E-state index in [1.54, 1.807) is 12.1 Å². The predicted molar refractivity (Wildman–Crippen MR) is 111 cm³/mol. The van der Waals surface area contributed by atoms with Crippen LogP contribution in [0.25, 0.3) is 4.96 Å². The second kappa shape index (κ2) is 7.72. The average Bonchev–Trinajstić information content (AvgIpc) is 3.21. The zero-order chi connectivity index (χ0) is 20.7. The molecular formula is C20H25N5O3S. The number of benzene rings is 1. The number of fused-ring (bicyclic) bond motifs is 1. The molecule has 1 aromatic carbocycles. The van der Waals surface area contributed by atoms with Crippen LogP contribution >= 0.6 is 11.3 Å². The predicted octanol–water partition coefficient (Wildman–Crippen LogP) is 4.03. The molecule has 2 aromatic heterocycles. The Hall–Kier alpha value is -2.52. The Bertz CT molecular complexity index is 1020. The number of thiazole rings is 1. The van der Waals surface area contributed by atoms with Crippen LogP contribution in [0.3, 0.4) is 0 Å². The molecular weight excluding hydrogens is 390 g/mol. The average molecular weight is 416 g/mol. The Labute approximate surface area is 173 Å². The molecule has 29 heavy (non-hydrogen) atoms. The summed E-state index contributed by atoms with van der Waals surface area (Å²) in [5, 5.41) is 26.4. The van der Waals surface area contributed by atoms with Gasteiger partial charge in [0.15, 0.2) is 5.82 Å². The number of likely N-dealkylation sites (tertiary alicyclic amines) is 1. The molecule has 3 atom stereocenters. The van der Waals surface area contributed by atoms with Crippen molar-refractivity contribution in [1.29, 1.82) is 0 Å². The van der Waals surface area contributed by atoms with Crippen LogP contribution in [0, 0.1) is 22.0 Å². The lowest BCUT2D eigenvalue weighted by atomic mass is 9.89. The van der Waals surface area contributed by atoms with Crippen molar-refractivity contribution >= 4 is 22.0 Å². The van der Waals surface area contributed by atoms with E-state index in [-0.39, 0.29) is 17.6 Å². The number of aromatic hydroxyl groups is 1. The summed E-state index contributed by atoms with van der Waals surface area (Å²) in [6.07, 6.45) is 1.88. The number of nitrogens with zero attached hydrogens (tertiary/aromatic N) is 5. The van der Waals surface area contributed by atoms with Crippen LogP contribution in [0.4, 0.5) is 5.69 Å². The Balaban J connectivity index is 1.80. The lowest BCUT2D eigenvalue weighted by Crippen LogP contribution is -2.41. The maximum atomic E-state index is 11.1. The number of aromatic nitrogens is 3. The molecule has 0 radical (unpaired) electrons. The number of hydrogen-bond acceptors (Lipinski definition) is 7. The van der Waals surface area contributed by atoms with Crippen molar-refractivity contribution in [3.05, 3.63) is 50.6 Å². The molecule has 3 heterocycles. The molecule has 0 saturated carbocycles. The third-order valence-electron chi connectivity index (χ3n) is 5.49. The number of rotatable bonds is 5. The first-order valence-electron chi connectivity index (χ1n) is 9.93. The molecule has 1 saturated heterocycles. The Morgan fingerprint density at radius 3 is 2.48 bits per heavy atom. The van der Waals surface area contributed by atoms with Crippen molar-refractivity contribution < 1.29 is 10.0 Å². The first-order chi connectivity index (χ1) is 13.9. The number of hydrogen-bond donors (Lipinski definition) is 1. The van der Waals surface area contributed by atoms with E-state index in [0.29, 0.717) is 29.0 Å². The highest BCUT2D eigenvalue weighted by molar-refractivity contribution is 7.17. The van der Waals surface area contributed by atoms with Crippen molar-refractivity contribution in [1.82, 2.24) is 19.5 Å². The van der Waals surface area contributed by atoms with Crippen molar-refractivity contribution in [2.24, 2.45) is 11.8 Å². The fourth-order valence-corrected chi connectivity index (χ4v) is 5.48. The molecule has 154 valence electrons. The second-order valence-corrected chi connectivity index (χ2v) is 9.03. The Morgan fingerprint density at radius 1 is 1.28 bits per heavy atom. The van der Waals surface area contributed by atoms with Crippen molar-refractivity contribution in [3.63, 3.8) is 0 Å². The Kier molecular flexibility index (Phi) is 5.26. The molecule has 0 aliphatic carbocycles. The molecule has 0 unspecified atom stereocenters. The van der Waals surface area contributed by atoms with E-state index in [1.807, 2.05) is 6.92 Å². The van der Waals surface area contributed by atoms with Gasteiger partial charge in [-0.05, 0) is 23.8 Å². The van der Waals surface area contributed by atoms with Gasteiger partial charge in [-0.1, -0.05) is 44.2 Å². The first-order valence-corrected chi connectivity index (χ1v) is 10.7. The van der Waals surface area contributed by atoms with Crippen molar-refractivity contribution in [3.8, 4) is 5.88 Å². The van der Waals surface area contributed by atoms with E-state index in [0.717, 1.165) is 23.5 Å². The molecule has 3 aromatic rings. The minimum absolute atomic E-state index is 0.0624. The normalized spacial score (nSPS) is 21.5. The molecule has 4 rings (SSSR count). The smallest absolute Gasteiger partial charge is 0.269 e. The quantitative estimate of drug-likeness (QED) is 0.499. The summed E-state index contributed by atoms with van der Waals surface area (Å²) in [6.45, 7) is 8.27. The van der Waals surface area contributed by atoms with Gasteiger partial charge in [-0.3, -0.25) is 15.0 Å². The van der Waals surface area contributed by atoms with E-state index in [9.17, 15) is 15.2 Å². The molecule has 0 amide bonds. The van der Waals surface area contributed by atoms with Gasteiger partial charge in [0.1, 0.15) is 0 Å². The van der Waals surface area contributed by atoms with Crippen LogP contribution in [0.5, 0.6) is 5.88 Å². The number of nitro benzene ring substituents is 1. The first kappa shape index (κ1) is 19.8. The topological polar surface area (TPSA) is 96.8 Å². The van der Waals surface area contributed by atoms with Crippen LogP contribution in [-0.2, 0) is 6.42 Å². The summed E-state index contributed by atoms with van der Waals surface area (Å²) < 4.78 is 1.51. The van der Waals surface area contributed by atoms with Gasteiger partial charge >= 0.3 is 0 Å². The van der Waals surface area contributed by atoms with Crippen LogP contribution < -0.4 is 0 Å². The highest BCUT2D eigenvalue weighted by Crippen LogP contribution is 2.42. The van der Waals surface area contributed by atoms with Crippen LogP contribution in [-0.4, -0.2) is 42.6 Å². The molecule has 1 aliphatic heterocycles. The summed E-state index contributed by atoms with van der Waals surface area (Å²) in [7, 11) is 0. The summed E-state index contributed by atoms with van der Waals surface area (Å²) >= 11 is 1.43. The van der Waals surface area contributed by atoms with Gasteiger partial charge in [0.2, 0.25) is 10.8 Å². The third kappa shape index (κ3) is 3.72. The van der Waals surface area contributed by atoms with Gasteiger partial charge in [-0.25, -0.2) is 4.98 Å². The van der Waals surface area contributed by atoms with Crippen LogP contribution in [0.2, 0.25) is 0 Å². The lowest BCUT2D eigenvalue weighted by Gasteiger charge is -2.40. The highest BCUT2D eigenvalue weighted by atomic mass is 32.1. The van der Waals surface area contributed by atoms with Gasteiger partial charge < -0.3 is 5.11 Å². The van der Waals surface area contributed by atoms with Crippen LogP contribution in [0.1, 0.15) is 49.5 Å². The van der Waals surface area contributed by atoms with Gasteiger partial charge in [0, 0.05) is 31.6 Å². The second-order valence-electron chi connectivity index (χ2n) is 8.02. The van der Waals surface area contributed by atoms with Gasteiger partial charge in [0.25, 0.3) is 5.69 Å². The standard InChI is InChI=1S/C20H25N5O3S/c1-4-16-21-20-24(22-16)19(26)18(29-20)17(23-10-12(2)9-13(3)11-23)14-5-7-15(8-6-14)25(27)28/h5-8,12-13,17,26H,4,9-11H2,1-3H3/t12-,13-,17+/m0/s1. The highest BCUT2D eigenvalue weighted by Gasteiger charge is 2.33. The van der Waals surface area contributed by atoms with E-state index < -0.39 is 4.92 Å². The SMILES string of the molecule is CCc1nc2sc([C@@H](c3ccc([N+](=O)[O-])cc3)N3C[C@@H](C)C[C@H](C)C3)c(O)n2n1. The monoisotopic (exact) mass is 415 g/mol. The summed E-state index contributed by atoms with van der Waals surface area (Å²) in [5.41, 5.74) is 0.986. The fraction of sp³-hybridized carbons (Fsp3) is 0.500. The van der Waals surface area contributed by atoms with Gasteiger partial charge in [-0.15, -0.1) is 5.10 Å². The van der Waals surface area contributed by atoms with E-state index in [2.05, 4.69) is 28.8 Å². The van der Waals surface area contributed by atoms with Crippen molar-refractivity contribution in [2.45, 2.75) is 39.7 Å². The van der Waals surface area contributed by atoms with Crippen LogP contribution in [0.15, 0.2) is 24.3 Å². The fourth-order valence-electron chi connectivity index (χ4n) is 4.35. The number of non-ortho nitro benzene ring substituents is 1. The number of aryl methyl sites for hydroxylation is 1. The van der Waals surface area contributed by atoms with E-state index >= 15 is 0 Å². The minimum atomic E-state index is -0.392. The maximum Gasteiger partial charge on any atom is 0.269 e. The van der Waals surface area contributed by atoms with Crippen molar-refractivity contribution in [2.75, 3.05) is 13.1 Å². The zero-order valence-corrected chi connectivity index (χ0v) is 17.6. The molecule has 9 heteroatoms. The molecule has 1 aliphatic rings. The molecule has 8 nitrogen and oxygen atoms in total. The molecule has 0 bridgehead atoms. The number of nitro groups is 1. The van der Waals surface area contributed by atoms with E-state index in [1.165, 1.54) is 34.4 Å². The van der Waals surface area contributed by atoms with Gasteiger partial charge in [-0.2, -0.15) is 4.52 Å². The zero-order valence-electron chi connectivity index (χ0n) is 16.8. The largest absolute Gasteiger partial charge is 0.492 e. The molecule has 0 spiro atoms. The summed E-state index contributed by atoms with van der Waals surface area (Å²) in [5.74, 6) is 1.88. The number of piperidine rings is 1. The van der Waals surface area contributed by atoms with E-state index in [4.69, 9.17) is 0 Å².